The number of nitrogens with one attached hydrogen (secondary N) is 1. The predicted octanol–water partition coefficient (Wildman–Crippen LogP) is 2.36. The van der Waals surface area contributed by atoms with Crippen LogP contribution in [0.4, 0.5) is 5.69 Å². The molecule has 1 saturated heterocycles. The normalized spacial score (nSPS) is 23.2. The van der Waals surface area contributed by atoms with Gasteiger partial charge in [-0.1, -0.05) is 15.9 Å². The third-order valence-electron chi connectivity index (χ3n) is 2.65. The van der Waals surface area contributed by atoms with Crippen molar-refractivity contribution in [2.75, 3.05) is 16.8 Å². The fourth-order valence-electron chi connectivity index (χ4n) is 1.96. The number of hydrogen-bond acceptors (Lipinski definition) is 3. The van der Waals surface area contributed by atoms with Gasteiger partial charge < -0.3 is 5.32 Å². The third-order valence-corrected chi connectivity index (χ3v) is 4.87. The molecule has 1 aromatic rings. The van der Waals surface area contributed by atoms with Gasteiger partial charge in [0.1, 0.15) is 0 Å². The van der Waals surface area contributed by atoms with Crippen molar-refractivity contribution in [2.24, 2.45) is 0 Å². The molecule has 1 unspecified atom stereocenters. The van der Waals surface area contributed by atoms with Crippen LogP contribution in [0.1, 0.15) is 12.0 Å². The number of rotatable bonds is 2. The summed E-state index contributed by atoms with van der Waals surface area (Å²) in [7, 11) is -2.81. The van der Waals surface area contributed by atoms with E-state index in [1.54, 1.807) is 0 Å². The van der Waals surface area contributed by atoms with E-state index in [0.717, 1.165) is 15.7 Å². The summed E-state index contributed by atoms with van der Waals surface area (Å²) in [6.07, 6.45) is 0.702. The maximum absolute atomic E-state index is 11.3. The highest BCUT2D eigenvalue weighted by atomic mass is 79.9. The lowest BCUT2D eigenvalue weighted by Gasteiger charge is -2.13. The second-order valence-corrected chi connectivity index (χ2v) is 7.41. The average molecular weight is 304 g/mol. The van der Waals surface area contributed by atoms with Crippen LogP contribution in [-0.4, -0.2) is 26.0 Å². The molecule has 0 aliphatic carbocycles. The Balaban J connectivity index is 2.10. The van der Waals surface area contributed by atoms with Gasteiger partial charge in [-0.25, -0.2) is 8.42 Å². The van der Waals surface area contributed by atoms with E-state index in [-0.39, 0.29) is 11.8 Å². The second-order valence-electron chi connectivity index (χ2n) is 4.26. The molecule has 1 aliphatic heterocycles. The average Bonchev–Trinajstić information content (AvgIpc) is 2.43. The largest absolute Gasteiger partial charge is 0.381 e. The highest BCUT2D eigenvalue weighted by Crippen LogP contribution is 2.22. The van der Waals surface area contributed by atoms with Crippen LogP contribution in [0.25, 0.3) is 0 Å². The van der Waals surface area contributed by atoms with Gasteiger partial charge in [-0.3, -0.25) is 0 Å². The van der Waals surface area contributed by atoms with Crippen LogP contribution >= 0.6 is 15.9 Å². The molecule has 0 spiro atoms. The zero-order valence-corrected chi connectivity index (χ0v) is 11.4. The molecule has 1 aliphatic rings. The van der Waals surface area contributed by atoms with Crippen molar-refractivity contribution in [1.82, 2.24) is 0 Å². The Bertz CT molecular complexity index is 478. The Morgan fingerprint density at radius 1 is 1.38 bits per heavy atom. The van der Waals surface area contributed by atoms with Crippen molar-refractivity contribution in [1.29, 1.82) is 0 Å². The summed E-state index contributed by atoms with van der Waals surface area (Å²) in [6.45, 7) is 2.02. The number of aryl methyl sites for hydroxylation is 1. The van der Waals surface area contributed by atoms with Crippen LogP contribution in [0.3, 0.4) is 0 Å². The van der Waals surface area contributed by atoms with Crippen molar-refractivity contribution in [2.45, 2.75) is 19.4 Å². The number of anilines is 1. The van der Waals surface area contributed by atoms with Crippen LogP contribution in [0.2, 0.25) is 0 Å². The summed E-state index contributed by atoms with van der Waals surface area (Å²) >= 11 is 3.43. The van der Waals surface area contributed by atoms with E-state index in [1.807, 2.05) is 25.1 Å². The maximum Gasteiger partial charge on any atom is 0.152 e. The molecule has 1 aromatic carbocycles. The summed E-state index contributed by atoms with van der Waals surface area (Å²) in [5.41, 5.74) is 2.13. The number of benzene rings is 1. The molecule has 1 heterocycles. The molecule has 0 amide bonds. The summed E-state index contributed by atoms with van der Waals surface area (Å²) in [4.78, 5) is 0. The quantitative estimate of drug-likeness (QED) is 0.912. The van der Waals surface area contributed by atoms with Gasteiger partial charge in [-0.05, 0) is 37.1 Å². The predicted molar refractivity (Wildman–Crippen MR) is 69.6 cm³/mol. The van der Waals surface area contributed by atoms with Crippen LogP contribution in [-0.2, 0) is 9.84 Å². The van der Waals surface area contributed by atoms with Gasteiger partial charge >= 0.3 is 0 Å². The van der Waals surface area contributed by atoms with Gasteiger partial charge in [-0.15, -0.1) is 0 Å². The summed E-state index contributed by atoms with van der Waals surface area (Å²) in [6, 6.07) is 6.07. The van der Waals surface area contributed by atoms with Crippen molar-refractivity contribution < 1.29 is 8.42 Å². The summed E-state index contributed by atoms with van der Waals surface area (Å²) in [5, 5.41) is 3.27. The highest BCUT2D eigenvalue weighted by Gasteiger charge is 2.27. The molecule has 0 aromatic heterocycles. The first kappa shape index (κ1) is 11.9. The molecule has 16 heavy (non-hydrogen) atoms. The molecule has 88 valence electrons. The minimum absolute atomic E-state index is 0.0544. The minimum Gasteiger partial charge on any atom is -0.381 e. The van der Waals surface area contributed by atoms with Crippen LogP contribution in [0.5, 0.6) is 0 Å². The van der Waals surface area contributed by atoms with Crippen LogP contribution < -0.4 is 5.32 Å². The van der Waals surface area contributed by atoms with Gasteiger partial charge in [0, 0.05) is 16.2 Å². The third kappa shape index (κ3) is 2.98. The maximum atomic E-state index is 11.3. The van der Waals surface area contributed by atoms with E-state index in [0.29, 0.717) is 12.2 Å². The molecule has 3 nitrogen and oxygen atoms in total. The van der Waals surface area contributed by atoms with E-state index in [4.69, 9.17) is 0 Å². The first-order valence-corrected chi connectivity index (χ1v) is 7.80. The second kappa shape index (κ2) is 4.37. The Morgan fingerprint density at radius 2 is 2.12 bits per heavy atom. The van der Waals surface area contributed by atoms with Gasteiger partial charge in [0.05, 0.1) is 11.5 Å². The molecule has 0 saturated carbocycles. The van der Waals surface area contributed by atoms with Crippen molar-refractivity contribution in [3.63, 3.8) is 0 Å². The highest BCUT2D eigenvalue weighted by molar-refractivity contribution is 9.10. The van der Waals surface area contributed by atoms with Gasteiger partial charge in [0.25, 0.3) is 0 Å². The summed E-state index contributed by atoms with van der Waals surface area (Å²) in [5.74, 6) is 0.552. The Kier molecular flexibility index (Phi) is 3.26. The molecule has 0 radical (unpaired) electrons. The zero-order chi connectivity index (χ0) is 11.8. The lowest BCUT2D eigenvalue weighted by atomic mass is 10.2. The Labute approximate surface area is 104 Å². The molecule has 1 atom stereocenters. The Morgan fingerprint density at radius 3 is 2.69 bits per heavy atom. The van der Waals surface area contributed by atoms with E-state index < -0.39 is 9.84 Å². The lowest BCUT2D eigenvalue weighted by Crippen LogP contribution is -2.20. The first-order valence-electron chi connectivity index (χ1n) is 5.19. The number of halogens is 1. The molecule has 5 heteroatoms. The van der Waals surface area contributed by atoms with Crippen LogP contribution in [0.15, 0.2) is 22.7 Å². The fourth-order valence-corrected chi connectivity index (χ4v) is 4.25. The molecule has 1 fully saturated rings. The van der Waals surface area contributed by atoms with Gasteiger partial charge in [0.2, 0.25) is 0 Å². The topological polar surface area (TPSA) is 46.2 Å². The molecule has 2 rings (SSSR count). The molecule has 0 bridgehead atoms. The minimum atomic E-state index is -2.81. The first-order chi connectivity index (χ1) is 7.44. The monoisotopic (exact) mass is 303 g/mol. The standard InChI is InChI=1S/C11H14BrNO2S/c1-8-4-9(12)6-11(5-8)13-10-2-3-16(14,15)7-10/h4-6,10,13H,2-3,7H2,1H3. The number of sulfone groups is 1. The Hall–Kier alpha value is -0.550. The SMILES string of the molecule is Cc1cc(Br)cc(NC2CCS(=O)(=O)C2)c1. The smallest absolute Gasteiger partial charge is 0.152 e. The van der Waals surface area contributed by atoms with E-state index in [2.05, 4.69) is 21.2 Å². The van der Waals surface area contributed by atoms with Gasteiger partial charge in [-0.2, -0.15) is 0 Å². The van der Waals surface area contributed by atoms with E-state index in [1.165, 1.54) is 0 Å². The molecule has 1 N–H and O–H groups in total. The molecular weight excluding hydrogens is 290 g/mol. The van der Waals surface area contributed by atoms with Crippen molar-refractivity contribution >= 4 is 31.5 Å². The van der Waals surface area contributed by atoms with Crippen molar-refractivity contribution in [3.8, 4) is 0 Å². The summed E-state index contributed by atoms with van der Waals surface area (Å²) < 4.78 is 23.6. The molecular formula is C11H14BrNO2S. The van der Waals surface area contributed by atoms with Gasteiger partial charge in [0.15, 0.2) is 9.84 Å². The van der Waals surface area contributed by atoms with E-state index in [9.17, 15) is 8.42 Å². The van der Waals surface area contributed by atoms with Crippen LogP contribution in [0, 0.1) is 6.92 Å². The van der Waals surface area contributed by atoms with E-state index >= 15 is 0 Å². The fraction of sp³-hybridized carbons (Fsp3) is 0.455. The lowest BCUT2D eigenvalue weighted by molar-refractivity contribution is 0.602. The number of hydrogen-bond donors (Lipinski definition) is 1. The zero-order valence-electron chi connectivity index (χ0n) is 9.03. The van der Waals surface area contributed by atoms with Crippen molar-refractivity contribution in [3.05, 3.63) is 28.2 Å².